The van der Waals surface area contributed by atoms with Crippen LogP contribution in [0, 0.1) is 5.41 Å². The van der Waals surface area contributed by atoms with Crippen molar-refractivity contribution in [2.24, 2.45) is 5.41 Å². The number of ether oxygens (including phenoxy) is 3. The molecule has 0 unspecified atom stereocenters. The number of likely N-dealkylation sites (tertiary alicyclic amines) is 1. The Morgan fingerprint density at radius 3 is 2.07 bits per heavy atom. The van der Waals surface area contributed by atoms with E-state index in [0.717, 1.165) is 48.3 Å². The number of carbonyl (C=O) groups excluding carboxylic acids is 1. The quantitative estimate of drug-likeness (QED) is 0.254. The molecule has 2 fully saturated rings. The highest BCUT2D eigenvalue weighted by Crippen LogP contribution is 2.44. The van der Waals surface area contributed by atoms with E-state index in [2.05, 4.69) is 4.90 Å². The molecule has 1 N–H and O–H groups in total. The van der Waals surface area contributed by atoms with Gasteiger partial charge in [0.1, 0.15) is 17.2 Å². The average molecular weight is 609 g/mol. The Morgan fingerprint density at radius 1 is 0.955 bits per heavy atom. The first kappa shape index (κ1) is 31.3. The smallest absolute Gasteiger partial charge is 0.394 e. The molecule has 2 aliphatic rings. The third-order valence-corrected chi connectivity index (χ3v) is 8.24. The highest BCUT2D eigenvalue weighted by Gasteiger charge is 2.45. The first-order valence-electron chi connectivity index (χ1n) is 14.9. The van der Waals surface area contributed by atoms with Crippen molar-refractivity contribution in [1.29, 1.82) is 0 Å². The lowest BCUT2D eigenvalue weighted by atomic mass is 9.77. The van der Waals surface area contributed by atoms with E-state index in [1.54, 1.807) is 29.2 Å². The normalized spacial score (nSPS) is 16.8. The van der Waals surface area contributed by atoms with Crippen molar-refractivity contribution in [3.8, 4) is 28.4 Å². The number of anilines is 1. The van der Waals surface area contributed by atoms with Gasteiger partial charge in [0.05, 0.1) is 24.3 Å². The minimum atomic E-state index is -3.27. The zero-order valence-electron chi connectivity index (χ0n) is 25.3. The lowest BCUT2D eigenvalue weighted by molar-refractivity contribution is -0.158. The maximum Gasteiger partial charge on any atom is 0.394 e. The summed E-state index contributed by atoms with van der Waals surface area (Å²) in [4.78, 5) is 28.4. The first-order valence-corrected chi connectivity index (χ1v) is 14.9. The molecule has 3 aromatic carbocycles. The Kier molecular flexibility index (Phi) is 9.10. The number of carboxylic acid groups (broad SMARTS) is 1. The van der Waals surface area contributed by atoms with Crippen LogP contribution in [-0.4, -0.2) is 60.8 Å². The number of aromatic carboxylic acids is 1. The second kappa shape index (κ2) is 12.8. The Balaban J connectivity index is 1.29. The van der Waals surface area contributed by atoms with Crippen molar-refractivity contribution in [1.82, 2.24) is 4.90 Å². The maximum atomic E-state index is 13.3. The zero-order chi connectivity index (χ0) is 31.5. The fraction of sp³-hybridized carbons (Fsp3) is 0.412. The van der Waals surface area contributed by atoms with Gasteiger partial charge < -0.3 is 24.2 Å². The molecule has 2 aliphatic heterocycles. The van der Waals surface area contributed by atoms with Crippen LogP contribution < -0.4 is 19.1 Å². The molecular weight excluding hydrogens is 570 g/mol. The van der Waals surface area contributed by atoms with E-state index in [1.165, 1.54) is 24.3 Å². The van der Waals surface area contributed by atoms with E-state index in [4.69, 9.17) is 14.2 Å². The number of nitrogens with zero attached hydrogens (tertiary/aromatic N) is 2. The summed E-state index contributed by atoms with van der Waals surface area (Å²) in [6, 6.07) is 17.0. The van der Waals surface area contributed by atoms with E-state index < -0.39 is 12.1 Å². The highest BCUT2D eigenvalue weighted by atomic mass is 19.3. The third-order valence-electron chi connectivity index (χ3n) is 8.24. The fourth-order valence-corrected chi connectivity index (χ4v) is 6.15. The van der Waals surface area contributed by atoms with Crippen LogP contribution in [0.1, 0.15) is 56.0 Å². The molecule has 0 atom stereocenters. The van der Waals surface area contributed by atoms with Crippen LogP contribution in [0.2, 0.25) is 0 Å². The predicted octanol–water partition coefficient (Wildman–Crippen LogP) is 6.86. The van der Waals surface area contributed by atoms with E-state index in [9.17, 15) is 23.5 Å². The van der Waals surface area contributed by atoms with Gasteiger partial charge in [-0.15, -0.1) is 0 Å². The first-order chi connectivity index (χ1) is 21.0. The topological polar surface area (TPSA) is 88.5 Å². The summed E-state index contributed by atoms with van der Waals surface area (Å²) >= 11 is 0. The van der Waals surface area contributed by atoms with Gasteiger partial charge in [-0.3, -0.25) is 9.69 Å². The molecule has 2 heterocycles. The van der Waals surface area contributed by atoms with Gasteiger partial charge in [0.25, 0.3) is 0 Å². The lowest BCUT2D eigenvalue weighted by Gasteiger charge is -2.39. The largest absolute Gasteiger partial charge is 0.493 e. The Morgan fingerprint density at radius 2 is 1.55 bits per heavy atom. The summed E-state index contributed by atoms with van der Waals surface area (Å²) in [6.45, 7) is 8.39. The number of rotatable bonds is 11. The van der Waals surface area contributed by atoms with Gasteiger partial charge in [-0.25, -0.2) is 4.79 Å². The maximum absolute atomic E-state index is 13.3. The second-order valence-corrected chi connectivity index (χ2v) is 11.6. The number of benzene rings is 3. The molecule has 1 amide bonds. The molecule has 8 nitrogen and oxygen atoms in total. The highest BCUT2D eigenvalue weighted by molar-refractivity contribution is 5.97. The average Bonchev–Trinajstić information content (AvgIpc) is 3.30. The molecule has 3 aromatic rings. The second-order valence-electron chi connectivity index (χ2n) is 11.6. The number of hydrogen-bond donors (Lipinski definition) is 1. The summed E-state index contributed by atoms with van der Waals surface area (Å²) in [7, 11) is 0. The van der Waals surface area contributed by atoms with Crippen molar-refractivity contribution in [3.05, 3.63) is 71.8 Å². The molecule has 1 spiro atoms. The van der Waals surface area contributed by atoms with Crippen molar-refractivity contribution >= 4 is 17.6 Å². The van der Waals surface area contributed by atoms with E-state index in [-0.39, 0.29) is 22.6 Å². The van der Waals surface area contributed by atoms with Crippen LogP contribution >= 0.6 is 0 Å². The van der Waals surface area contributed by atoms with E-state index >= 15 is 0 Å². The van der Waals surface area contributed by atoms with Gasteiger partial charge in [-0.2, -0.15) is 8.78 Å². The monoisotopic (exact) mass is 608 g/mol. The van der Waals surface area contributed by atoms with Crippen molar-refractivity contribution in [2.75, 3.05) is 37.7 Å². The number of carboxylic acids is 1. The molecule has 10 heteroatoms. The molecule has 0 radical (unpaired) electrons. The third kappa shape index (κ3) is 7.13. The van der Waals surface area contributed by atoms with Gasteiger partial charge in [-0.05, 0) is 105 Å². The summed E-state index contributed by atoms with van der Waals surface area (Å²) in [5.74, 6) is 0.461. The lowest BCUT2D eigenvalue weighted by Crippen LogP contribution is -2.41. The van der Waals surface area contributed by atoms with Crippen LogP contribution in [0.4, 0.5) is 14.5 Å². The minimum absolute atomic E-state index is 0.0693. The van der Waals surface area contributed by atoms with Crippen molar-refractivity contribution in [2.45, 2.75) is 52.7 Å². The Hall–Kier alpha value is -4.18. The van der Waals surface area contributed by atoms with Gasteiger partial charge in [0.15, 0.2) is 0 Å². The summed E-state index contributed by atoms with van der Waals surface area (Å²) in [5.41, 5.74) is 3.38. The van der Waals surface area contributed by atoms with Gasteiger partial charge >= 0.3 is 12.1 Å². The summed E-state index contributed by atoms with van der Waals surface area (Å²) in [5, 5.41) is 9.19. The summed E-state index contributed by atoms with van der Waals surface area (Å²) in [6.07, 6.45) is -1.03. The number of hydrogen-bond acceptors (Lipinski definition) is 6. The Bertz CT molecular complexity index is 1450. The molecule has 0 aromatic heterocycles. The molecule has 2 saturated heterocycles. The van der Waals surface area contributed by atoms with Crippen molar-refractivity contribution in [3.63, 3.8) is 0 Å². The fourth-order valence-electron chi connectivity index (χ4n) is 6.15. The minimum Gasteiger partial charge on any atom is -0.493 e. The SMILES string of the molecule is CCOc1cc(CN2CCC3(CC2)CC(=O)N(c2ccc(C(=O)O)cc2)C3)cc(OCC)c1-c1ccc(OC(C)(F)F)cc1. The molecule has 234 valence electrons. The number of amides is 1. The molecule has 5 rings (SSSR count). The van der Waals surface area contributed by atoms with Crippen LogP contribution in [0.15, 0.2) is 60.7 Å². The molecule has 0 saturated carbocycles. The molecule has 0 bridgehead atoms. The number of piperidine rings is 1. The van der Waals surface area contributed by atoms with Crippen LogP contribution in [-0.2, 0) is 11.3 Å². The van der Waals surface area contributed by atoms with Crippen molar-refractivity contribution < 1.29 is 37.7 Å². The Labute approximate surface area is 256 Å². The molecular formula is C34H38F2N2O6. The van der Waals surface area contributed by atoms with Crippen LogP contribution in [0.3, 0.4) is 0 Å². The molecule has 0 aliphatic carbocycles. The van der Waals surface area contributed by atoms with E-state index in [0.29, 0.717) is 51.1 Å². The zero-order valence-corrected chi connectivity index (χ0v) is 25.3. The number of halogens is 2. The van der Waals surface area contributed by atoms with E-state index in [1.807, 2.05) is 26.0 Å². The number of alkyl halides is 2. The predicted molar refractivity (Wildman–Crippen MR) is 163 cm³/mol. The summed E-state index contributed by atoms with van der Waals surface area (Å²) < 4.78 is 43.4. The van der Waals surface area contributed by atoms with Gasteiger partial charge in [-0.1, -0.05) is 12.1 Å². The standard InChI is InChI=1S/C34H38F2N2O6/c1-4-42-28-18-23(19-29(43-5-2)31(28)24-8-12-27(13-9-24)44-33(3,35)36)21-37-16-14-34(15-17-37)20-30(39)38(22-34)26-10-6-25(7-11-26)32(40)41/h6-13,18-19H,4-5,14-17,20-22H2,1-3H3,(H,40,41). The number of carbonyl (C=O) groups is 2. The van der Waals surface area contributed by atoms with Gasteiger partial charge in [0, 0.05) is 32.1 Å². The molecule has 44 heavy (non-hydrogen) atoms. The van der Waals surface area contributed by atoms with Gasteiger partial charge in [0.2, 0.25) is 5.91 Å². The van der Waals surface area contributed by atoms with Crippen LogP contribution in [0.5, 0.6) is 17.2 Å². The van der Waals surface area contributed by atoms with Crippen LogP contribution in [0.25, 0.3) is 11.1 Å².